The maximum Gasteiger partial charge on any atom is 0.306 e. The van der Waals surface area contributed by atoms with Crippen LogP contribution in [-0.2, 0) is 9.53 Å². The molecule has 0 spiro atoms. The van der Waals surface area contributed by atoms with E-state index in [-0.39, 0.29) is 25.1 Å². The highest BCUT2D eigenvalue weighted by molar-refractivity contribution is 5.96. The van der Waals surface area contributed by atoms with Crippen LogP contribution in [0.15, 0.2) is 18.2 Å². The molecule has 0 radical (unpaired) electrons. The normalized spacial score (nSPS) is 18.9. The highest BCUT2D eigenvalue weighted by Gasteiger charge is 2.27. The molecule has 1 unspecified atom stereocenters. The summed E-state index contributed by atoms with van der Waals surface area (Å²) < 4.78 is 18.1. The van der Waals surface area contributed by atoms with E-state index in [0.29, 0.717) is 6.54 Å². The molecule has 20 heavy (non-hydrogen) atoms. The van der Waals surface area contributed by atoms with Crippen molar-refractivity contribution < 1.29 is 28.9 Å². The van der Waals surface area contributed by atoms with Crippen LogP contribution in [0.4, 0.5) is 4.39 Å². The lowest BCUT2D eigenvalue weighted by molar-refractivity contribution is -0.141. The van der Waals surface area contributed by atoms with Gasteiger partial charge in [0.05, 0.1) is 24.7 Å². The van der Waals surface area contributed by atoms with Gasteiger partial charge in [-0.1, -0.05) is 0 Å². The first-order valence-corrected chi connectivity index (χ1v) is 6.08. The Morgan fingerprint density at radius 1 is 1.45 bits per heavy atom. The van der Waals surface area contributed by atoms with Gasteiger partial charge in [0, 0.05) is 19.2 Å². The summed E-state index contributed by atoms with van der Waals surface area (Å²) >= 11 is 0. The third-order valence-corrected chi connectivity index (χ3v) is 3.02. The van der Waals surface area contributed by atoms with Crippen molar-refractivity contribution in [1.29, 1.82) is 0 Å². The van der Waals surface area contributed by atoms with Gasteiger partial charge < -0.3 is 19.8 Å². The number of hydrogen-bond acceptors (Lipinski definition) is 4. The van der Waals surface area contributed by atoms with Crippen molar-refractivity contribution in [3.63, 3.8) is 0 Å². The Hall–Kier alpha value is -2.15. The second-order valence-corrected chi connectivity index (χ2v) is 4.50. The summed E-state index contributed by atoms with van der Waals surface area (Å²) in [5, 5.41) is 18.3. The number of carboxylic acid groups (broad SMARTS) is 1. The molecule has 1 aliphatic rings. The minimum atomic E-state index is -1.01. The van der Waals surface area contributed by atoms with Crippen LogP contribution in [0.25, 0.3) is 0 Å². The van der Waals surface area contributed by atoms with Gasteiger partial charge in [-0.25, -0.2) is 4.39 Å². The molecule has 1 aromatic rings. The molecule has 1 aromatic carbocycles. The Morgan fingerprint density at radius 3 is 2.85 bits per heavy atom. The molecule has 2 rings (SSSR count). The Balaban J connectivity index is 2.10. The Kier molecular flexibility index (Phi) is 4.19. The Bertz CT molecular complexity index is 533. The van der Waals surface area contributed by atoms with Crippen LogP contribution in [0.2, 0.25) is 0 Å². The summed E-state index contributed by atoms with van der Waals surface area (Å²) in [6.07, 6.45) is -0.771. The quantitative estimate of drug-likeness (QED) is 0.858. The molecule has 1 fully saturated rings. The van der Waals surface area contributed by atoms with Gasteiger partial charge in [0.1, 0.15) is 11.6 Å². The molecule has 0 saturated carbocycles. The average Bonchev–Trinajstić information content (AvgIpc) is 2.37. The molecule has 0 aliphatic carbocycles. The van der Waals surface area contributed by atoms with Gasteiger partial charge >= 0.3 is 5.97 Å². The van der Waals surface area contributed by atoms with Crippen molar-refractivity contribution in [3.05, 3.63) is 29.6 Å². The number of benzene rings is 1. The summed E-state index contributed by atoms with van der Waals surface area (Å²) in [4.78, 5) is 24.2. The van der Waals surface area contributed by atoms with E-state index in [4.69, 9.17) is 9.84 Å². The van der Waals surface area contributed by atoms with E-state index in [1.165, 1.54) is 11.0 Å². The third kappa shape index (κ3) is 3.24. The van der Waals surface area contributed by atoms with Crippen LogP contribution in [0, 0.1) is 5.82 Å². The fourth-order valence-corrected chi connectivity index (χ4v) is 2.08. The number of phenols is 1. The molecule has 108 valence electrons. The third-order valence-electron chi connectivity index (χ3n) is 3.02. The van der Waals surface area contributed by atoms with Crippen molar-refractivity contribution >= 4 is 11.9 Å². The fraction of sp³-hybridized carbons (Fsp3) is 0.385. The van der Waals surface area contributed by atoms with Crippen molar-refractivity contribution in [3.8, 4) is 5.75 Å². The lowest BCUT2D eigenvalue weighted by Gasteiger charge is -2.32. The second kappa shape index (κ2) is 5.87. The Labute approximate surface area is 114 Å². The van der Waals surface area contributed by atoms with Gasteiger partial charge in [0.2, 0.25) is 0 Å². The molecule has 1 heterocycles. The lowest BCUT2D eigenvalue weighted by atomic mass is 10.1. The molecular weight excluding hydrogens is 269 g/mol. The predicted octanol–water partition coefficient (Wildman–Crippen LogP) is 0.847. The number of rotatable bonds is 3. The highest BCUT2D eigenvalue weighted by atomic mass is 19.1. The van der Waals surface area contributed by atoms with Crippen LogP contribution in [0.3, 0.4) is 0 Å². The summed E-state index contributed by atoms with van der Waals surface area (Å²) in [6.45, 7) is 0.652. The van der Waals surface area contributed by atoms with Gasteiger partial charge in [-0.2, -0.15) is 0 Å². The number of hydrogen-bond donors (Lipinski definition) is 2. The number of carbonyl (C=O) groups is 2. The van der Waals surface area contributed by atoms with Crippen LogP contribution < -0.4 is 0 Å². The number of ether oxygens (including phenoxy) is 1. The first-order chi connectivity index (χ1) is 9.47. The molecule has 0 bridgehead atoms. The van der Waals surface area contributed by atoms with Gasteiger partial charge in [0.25, 0.3) is 5.91 Å². The predicted molar refractivity (Wildman–Crippen MR) is 66.0 cm³/mol. The van der Waals surface area contributed by atoms with Crippen LogP contribution in [-0.4, -0.2) is 52.8 Å². The highest BCUT2D eigenvalue weighted by Crippen LogP contribution is 2.21. The smallest absolute Gasteiger partial charge is 0.306 e. The maximum atomic E-state index is 12.9. The topological polar surface area (TPSA) is 87.1 Å². The zero-order valence-corrected chi connectivity index (χ0v) is 10.6. The molecule has 6 nitrogen and oxygen atoms in total. The molecule has 0 aromatic heterocycles. The summed E-state index contributed by atoms with van der Waals surface area (Å²) in [6, 6.07) is 3.15. The summed E-state index contributed by atoms with van der Waals surface area (Å²) in [5.74, 6) is -2.55. The number of amides is 1. The SMILES string of the molecule is O=C(O)CC1CN(C(=O)c2ccc(F)cc2O)CCO1. The van der Waals surface area contributed by atoms with E-state index in [9.17, 15) is 19.1 Å². The van der Waals surface area contributed by atoms with E-state index < -0.39 is 29.5 Å². The number of carbonyl (C=O) groups excluding carboxylic acids is 1. The van der Waals surface area contributed by atoms with E-state index in [1.54, 1.807) is 0 Å². The number of phenolic OH excluding ortho intramolecular Hbond substituents is 1. The fourth-order valence-electron chi connectivity index (χ4n) is 2.08. The van der Waals surface area contributed by atoms with Crippen molar-refractivity contribution in [1.82, 2.24) is 4.90 Å². The second-order valence-electron chi connectivity index (χ2n) is 4.50. The van der Waals surface area contributed by atoms with Crippen LogP contribution >= 0.6 is 0 Å². The van der Waals surface area contributed by atoms with Gasteiger partial charge in [0.15, 0.2) is 0 Å². The van der Waals surface area contributed by atoms with Crippen molar-refractivity contribution in [2.45, 2.75) is 12.5 Å². The summed E-state index contributed by atoms with van der Waals surface area (Å²) in [7, 11) is 0. The Morgan fingerprint density at radius 2 is 2.20 bits per heavy atom. The number of nitrogens with zero attached hydrogens (tertiary/aromatic N) is 1. The minimum Gasteiger partial charge on any atom is -0.507 e. The van der Waals surface area contributed by atoms with Crippen molar-refractivity contribution in [2.75, 3.05) is 19.7 Å². The van der Waals surface area contributed by atoms with E-state index >= 15 is 0 Å². The van der Waals surface area contributed by atoms with E-state index in [2.05, 4.69) is 0 Å². The molecule has 7 heteroatoms. The lowest BCUT2D eigenvalue weighted by Crippen LogP contribution is -2.46. The number of aliphatic carboxylic acids is 1. The molecule has 2 N–H and O–H groups in total. The number of carboxylic acids is 1. The largest absolute Gasteiger partial charge is 0.507 e. The summed E-state index contributed by atoms with van der Waals surface area (Å²) in [5.41, 5.74) is -0.0117. The van der Waals surface area contributed by atoms with Crippen LogP contribution in [0.1, 0.15) is 16.8 Å². The number of morpholine rings is 1. The van der Waals surface area contributed by atoms with Crippen molar-refractivity contribution in [2.24, 2.45) is 0 Å². The maximum absolute atomic E-state index is 12.9. The number of aromatic hydroxyl groups is 1. The van der Waals surface area contributed by atoms with Gasteiger partial charge in [-0.15, -0.1) is 0 Å². The molecule has 1 amide bonds. The average molecular weight is 283 g/mol. The van der Waals surface area contributed by atoms with Crippen LogP contribution in [0.5, 0.6) is 5.75 Å². The first kappa shape index (κ1) is 14.3. The zero-order chi connectivity index (χ0) is 14.7. The van der Waals surface area contributed by atoms with Gasteiger partial charge in [-0.3, -0.25) is 9.59 Å². The molecule has 1 aliphatic heterocycles. The number of halogens is 1. The molecule has 1 atom stereocenters. The minimum absolute atomic E-state index is 0.0117. The van der Waals surface area contributed by atoms with E-state index in [0.717, 1.165) is 12.1 Å². The van der Waals surface area contributed by atoms with Gasteiger partial charge in [-0.05, 0) is 12.1 Å². The van der Waals surface area contributed by atoms with E-state index in [1.807, 2.05) is 0 Å². The standard InChI is InChI=1S/C13H14FNO5/c14-8-1-2-10(11(16)5-8)13(19)15-3-4-20-9(7-15)6-12(17)18/h1-2,5,9,16H,3-4,6-7H2,(H,17,18). The zero-order valence-electron chi connectivity index (χ0n) is 10.6. The molecular formula is C13H14FNO5. The molecule has 1 saturated heterocycles. The monoisotopic (exact) mass is 283 g/mol. The first-order valence-electron chi connectivity index (χ1n) is 6.08.